The number of carboxylic acid groups (broad SMARTS) is 1. The highest BCUT2D eigenvalue weighted by Gasteiger charge is 2.23. The van der Waals surface area contributed by atoms with Gasteiger partial charge < -0.3 is 10.2 Å². The number of nitro benzene ring substituents is 1. The number of aliphatic hydroxyl groups excluding tert-OH is 1. The number of carbonyl (C=O) groups excluding carboxylic acids is 1. The van der Waals surface area contributed by atoms with E-state index in [4.69, 9.17) is 5.11 Å². The lowest BCUT2D eigenvalue weighted by Gasteiger charge is -2.10. The Labute approximate surface area is 95.5 Å². The van der Waals surface area contributed by atoms with Crippen LogP contribution in [0.1, 0.15) is 27.6 Å². The number of nitro groups is 1. The maximum Gasteiger partial charge on any atom is 0.337 e. The predicted octanol–water partition coefficient (Wildman–Crippen LogP) is 0.834. The first-order valence-electron chi connectivity index (χ1n) is 4.53. The molecule has 0 saturated heterocycles. The lowest BCUT2D eigenvalue weighted by molar-refractivity contribution is -0.385. The van der Waals surface area contributed by atoms with Gasteiger partial charge in [-0.2, -0.15) is 0 Å². The van der Waals surface area contributed by atoms with Gasteiger partial charge in [0, 0.05) is 6.07 Å². The van der Waals surface area contributed by atoms with Crippen molar-refractivity contribution in [2.75, 3.05) is 0 Å². The normalized spacial score (nSPS) is 11.9. The second-order valence-corrected chi connectivity index (χ2v) is 3.38. The molecule has 7 heteroatoms. The first kappa shape index (κ1) is 12.8. The summed E-state index contributed by atoms with van der Waals surface area (Å²) in [4.78, 5) is 31.1. The molecule has 0 aliphatic heterocycles. The van der Waals surface area contributed by atoms with Gasteiger partial charge in [0.25, 0.3) is 5.69 Å². The number of rotatable bonds is 4. The maximum atomic E-state index is 10.7. The molecule has 0 heterocycles. The predicted molar refractivity (Wildman–Crippen MR) is 55.8 cm³/mol. The molecule has 0 aliphatic rings. The van der Waals surface area contributed by atoms with Crippen LogP contribution >= 0.6 is 0 Å². The maximum absolute atomic E-state index is 10.7. The van der Waals surface area contributed by atoms with Crippen molar-refractivity contribution >= 4 is 17.9 Å². The minimum atomic E-state index is -1.81. The van der Waals surface area contributed by atoms with Gasteiger partial charge in [0.05, 0.1) is 10.5 Å². The Balaban J connectivity index is 3.42. The number of nitrogens with zero attached hydrogens (tertiary/aromatic N) is 1. The van der Waals surface area contributed by atoms with Crippen molar-refractivity contribution in [1.82, 2.24) is 0 Å². The molecule has 0 aliphatic carbocycles. The van der Waals surface area contributed by atoms with Crippen molar-refractivity contribution in [2.24, 2.45) is 0 Å². The van der Waals surface area contributed by atoms with Crippen LogP contribution in [0.3, 0.4) is 0 Å². The number of benzene rings is 1. The summed E-state index contributed by atoms with van der Waals surface area (Å²) in [6.07, 6.45) is -1.56. The van der Waals surface area contributed by atoms with Crippen molar-refractivity contribution in [3.63, 3.8) is 0 Å². The van der Waals surface area contributed by atoms with Crippen LogP contribution in [-0.4, -0.2) is 27.4 Å². The summed E-state index contributed by atoms with van der Waals surface area (Å²) in [6.45, 7) is 1.42. The SMILES string of the molecule is Cc1cc([N+](=O)[O-])c(C=O)cc1C(O)C(=O)O. The van der Waals surface area contributed by atoms with Gasteiger partial charge in [-0.3, -0.25) is 14.9 Å². The second-order valence-electron chi connectivity index (χ2n) is 3.38. The molecule has 90 valence electrons. The summed E-state index contributed by atoms with van der Waals surface area (Å²) in [5.41, 5.74) is -0.489. The van der Waals surface area contributed by atoms with E-state index in [1.807, 2.05) is 0 Å². The quantitative estimate of drug-likeness (QED) is 0.456. The van der Waals surface area contributed by atoms with Crippen molar-refractivity contribution in [2.45, 2.75) is 13.0 Å². The van der Waals surface area contributed by atoms with Crippen LogP contribution in [0.4, 0.5) is 5.69 Å². The zero-order valence-corrected chi connectivity index (χ0v) is 8.78. The summed E-state index contributed by atoms with van der Waals surface area (Å²) in [5, 5.41) is 28.6. The number of hydrogen-bond acceptors (Lipinski definition) is 5. The average Bonchev–Trinajstić information content (AvgIpc) is 2.27. The second kappa shape index (κ2) is 4.71. The molecule has 0 bridgehead atoms. The standard InChI is InChI=1S/C10H9NO6/c1-5-2-8(11(16)17)6(4-12)3-7(5)9(13)10(14)15/h2-4,9,13H,1H3,(H,14,15). The fraction of sp³-hybridized carbons (Fsp3) is 0.200. The fourth-order valence-corrected chi connectivity index (χ4v) is 1.41. The zero-order valence-electron chi connectivity index (χ0n) is 8.78. The number of aliphatic carboxylic acids is 1. The van der Waals surface area contributed by atoms with E-state index in [2.05, 4.69) is 0 Å². The highest BCUT2D eigenvalue weighted by atomic mass is 16.6. The van der Waals surface area contributed by atoms with E-state index in [0.29, 0.717) is 0 Å². The van der Waals surface area contributed by atoms with Crippen molar-refractivity contribution < 1.29 is 24.7 Å². The molecule has 0 amide bonds. The number of aryl methyl sites for hydroxylation is 1. The van der Waals surface area contributed by atoms with Gasteiger partial charge in [-0.25, -0.2) is 4.79 Å². The Morgan fingerprint density at radius 2 is 2.12 bits per heavy atom. The molecule has 0 radical (unpaired) electrons. The van der Waals surface area contributed by atoms with Gasteiger partial charge in [0.15, 0.2) is 12.4 Å². The number of hydrogen-bond donors (Lipinski definition) is 2. The Morgan fingerprint density at radius 1 is 1.53 bits per heavy atom. The van der Waals surface area contributed by atoms with E-state index in [1.54, 1.807) is 0 Å². The zero-order chi connectivity index (χ0) is 13.2. The molecule has 7 nitrogen and oxygen atoms in total. The topological polar surface area (TPSA) is 118 Å². The van der Waals surface area contributed by atoms with Crippen LogP contribution in [-0.2, 0) is 4.79 Å². The van der Waals surface area contributed by atoms with Crippen molar-refractivity contribution in [3.8, 4) is 0 Å². The molecule has 0 aromatic heterocycles. The Bertz CT molecular complexity index is 496. The highest BCUT2D eigenvalue weighted by molar-refractivity contribution is 5.83. The summed E-state index contributed by atoms with van der Waals surface area (Å²) in [5.74, 6) is -1.49. The Kier molecular flexibility index (Phi) is 3.54. The lowest BCUT2D eigenvalue weighted by atomic mass is 9.99. The highest BCUT2D eigenvalue weighted by Crippen LogP contribution is 2.26. The molecule has 0 saturated carbocycles. The third kappa shape index (κ3) is 2.45. The minimum absolute atomic E-state index is 0.0369. The van der Waals surface area contributed by atoms with Crippen LogP contribution in [0, 0.1) is 17.0 Å². The van der Waals surface area contributed by atoms with Gasteiger partial charge in [-0.05, 0) is 24.1 Å². The molecule has 1 aromatic carbocycles. The third-order valence-electron chi connectivity index (χ3n) is 2.27. The van der Waals surface area contributed by atoms with Gasteiger partial charge in [0.2, 0.25) is 0 Å². The molecular formula is C10H9NO6. The van der Waals surface area contributed by atoms with E-state index in [0.717, 1.165) is 12.1 Å². The van der Waals surface area contributed by atoms with E-state index in [1.165, 1.54) is 6.92 Å². The molecular weight excluding hydrogens is 230 g/mol. The number of aldehydes is 1. The lowest BCUT2D eigenvalue weighted by Crippen LogP contribution is -2.12. The smallest absolute Gasteiger partial charge is 0.337 e. The average molecular weight is 239 g/mol. The fourth-order valence-electron chi connectivity index (χ4n) is 1.41. The molecule has 1 rings (SSSR count). The van der Waals surface area contributed by atoms with E-state index in [9.17, 15) is 24.8 Å². The van der Waals surface area contributed by atoms with Crippen molar-refractivity contribution in [1.29, 1.82) is 0 Å². The molecule has 1 unspecified atom stereocenters. The first-order valence-corrected chi connectivity index (χ1v) is 4.53. The molecule has 0 spiro atoms. The largest absolute Gasteiger partial charge is 0.479 e. The van der Waals surface area contributed by atoms with Crippen LogP contribution in [0.25, 0.3) is 0 Å². The molecule has 0 fully saturated rings. The number of carbonyl (C=O) groups is 2. The summed E-state index contributed by atoms with van der Waals surface area (Å²) < 4.78 is 0. The number of aliphatic hydroxyl groups is 1. The van der Waals surface area contributed by atoms with Crippen LogP contribution < -0.4 is 0 Å². The van der Waals surface area contributed by atoms with Gasteiger partial charge in [-0.15, -0.1) is 0 Å². The molecule has 17 heavy (non-hydrogen) atoms. The monoisotopic (exact) mass is 239 g/mol. The molecule has 2 N–H and O–H groups in total. The van der Waals surface area contributed by atoms with E-state index >= 15 is 0 Å². The molecule has 1 atom stereocenters. The minimum Gasteiger partial charge on any atom is -0.479 e. The van der Waals surface area contributed by atoms with Crippen LogP contribution in [0.15, 0.2) is 12.1 Å². The van der Waals surface area contributed by atoms with Gasteiger partial charge in [-0.1, -0.05) is 0 Å². The van der Waals surface area contributed by atoms with Crippen LogP contribution in [0.5, 0.6) is 0 Å². The van der Waals surface area contributed by atoms with Gasteiger partial charge in [0.1, 0.15) is 0 Å². The van der Waals surface area contributed by atoms with Crippen molar-refractivity contribution in [3.05, 3.63) is 38.9 Å². The van der Waals surface area contributed by atoms with E-state index in [-0.39, 0.29) is 23.0 Å². The van der Waals surface area contributed by atoms with Gasteiger partial charge >= 0.3 is 5.97 Å². The number of carboxylic acids is 1. The summed E-state index contributed by atoms with van der Waals surface area (Å²) in [7, 11) is 0. The first-order chi connectivity index (χ1) is 7.88. The summed E-state index contributed by atoms with van der Waals surface area (Å²) in [6, 6.07) is 2.07. The van der Waals surface area contributed by atoms with E-state index < -0.39 is 22.7 Å². The molecule has 1 aromatic rings. The van der Waals surface area contributed by atoms with Crippen LogP contribution in [0.2, 0.25) is 0 Å². The Morgan fingerprint density at radius 3 is 2.53 bits per heavy atom. The Hall–Kier alpha value is -2.28. The summed E-state index contributed by atoms with van der Waals surface area (Å²) >= 11 is 0. The third-order valence-corrected chi connectivity index (χ3v) is 2.27.